The number of aromatic nitrogens is 2. The largest absolute Gasteiger partial charge is 0.478 e. The summed E-state index contributed by atoms with van der Waals surface area (Å²) in [7, 11) is 0. The first-order valence-electron chi connectivity index (χ1n) is 4.73. The minimum Gasteiger partial charge on any atom is -0.478 e. The van der Waals surface area contributed by atoms with E-state index in [1.807, 2.05) is 0 Å². The Morgan fingerprint density at radius 1 is 1.38 bits per heavy atom. The minimum atomic E-state index is -0.977. The number of hydrogen-bond donors (Lipinski definition) is 1. The predicted octanol–water partition coefficient (Wildman–Crippen LogP) is 1.70. The number of hydrogen-bond acceptors (Lipinski definition) is 3. The van der Waals surface area contributed by atoms with Crippen molar-refractivity contribution in [3.8, 4) is 0 Å². The molecular formula is C11H10N2O3. The molecule has 16 heavy (non-hydrogen) atoms. The smallest absolute Gasteiger partial charge is 0.335 e. The maximum absolute atomic E-state index is 11.2. The summed E-state index contributed by atoms with van der Waals surface area (Å²) in [5, 5.41) is 13.5. The Kier molecular flexibility index (Phi) is 2.23. The molecule has 82 valence electrons. The number of nitrogens with zero attached hydrogens (tertiary/aromatic N) is 2. The Bertz CT molecular complexity index is 599. The Balaban J connectivity index is 2.76. The molecule has 0 atom stereocenters. The molecule has 1 heterocycles. The van der Waals surface area contributed by atoms with Gasteiger partial charge in [-0.25, -0.2) is 9.48 Å². The quantitative estimate of drug-likeness (QED) is 0.790. The topological polar surface area (TPSA) is 72.2 Å². The summed E-state index contributed by atoms with van der Waals surface area (Å²) < 4.78 is 1.26. The number of aryl methyl sites for hydroxylation is 1. The molecule has 0 fully saturated rings. The second-order valence-electron chi connectivity index (χ2n) is 3.61. The predicted molar refractivity (Wildman–Crippen MR) is 57.7 cm³/mol. The van der Waals surface area contributed by atoms with Gasteiger partial charge in [0, 0.05) is 12.3 Å². The first kappa shape index (κ1) is 10.4. The van der Waals surface area contributed by atoms with Gasteiger partial charge in [0.05, 0.1) is 17.3 Å². The number of aromatic carboxylic acids is 1. The van der Waals surface area contributed by atoms with Crippen LogP contribution in [0.4, 0.5) is 0 Å². The van der Waals surface area contributed by atoms with E-state index in [1.165, 1.54) is 23.9 Å². The Morgan fingerprint density at radius 2 is 2.06 bits per heavy atom. The zero-order valence-corrected chi connectivity index (χ0v) is 8.89. The van der Waals surface area contributed by atoms with E-state index < -0.39 is 5.97 Å². The standard InChI is InChI=1S/C11H10N2O3/c1-6-3-10-8(4-9(6)11(15)16)5-12-13(10)7(2)14/h3-5H,1-2H3,(H,15,16). The van der Waals surface area contributed by atoms with Crippen LogP contribution < -0.4 is 0 Å². The van der Waals surface area contributed by atoms with Gasteiger partial charge >= 0.3 is 5.97 Å². The van der Waals surface area contributed by atoms with Crippen molar-refractivity contribution < 1.29 is 14.7 Å². The fourth-order valence-electron chi connectivity index (χ4n) is 1.66. The maximum Gasteiger partial charge on any atom is 0.335 e. The van der Waals surface area contributed by atoms with Gasteiger partial charge in [-0.15, -0.1) is 0 Å². The zero-order chi connectivity index (χ0) is 11.9. The van der Waals surface area contributed by atoms with Gasteiger partial charge in [0.2, 0.25) is 5.91 Å². The van der Waals surface area contributed by atoms with Crippen LogP contribution >= 0.6 is 0 Å². The lowest BCUT2D eigenvalue weighted by Gasteiger charge is -2.02. The van der Waals surface area contributed by atoms with Crippen LogP contribution in [0.25, 0.3) is 10.9 Å². The summed E-state index contributed by atoms with van der Waals surface area (Å²) >= 11 is 0. The zero-order valence-electron chi connectivity index (χ0n) is 8.89. The van der Waals surface area contributed by atoms with Gasteiger partial charge in [0.1, 0.15) is 0 Å². The molecular weight excluding hydrogens is 208 g/mol. The number of carboxylic acid groups (broad SMARTS) is 1. The van der Waals surface area contributed by atoms with Crippen molar-refractivity contribution in [3.63, 3.8) is 0 Å². The molecule has 0 aliphatic rings. The van der Waals surface area contributed by atoms with Crippen molar-refractivity contribution in [2.45, 2.75) is 13.8 Å². The molecule has 2 aromatic rings. The van der Waals surface area contributed by atoms with Gasteiger partial charge in [-0.05, 0) is 24.6 Å². The van der Waals surface area contributed by atoms with Crippen molar-refractivity contribution in [2.75, 3.05) is 0 Å². The summed E-state index contributed by atoms with van der Waals surface area (Å²) in [4.78, 5) is 22.1. The van der Waals surface area contributed by atoms with E-state index >= 15 is 0 Å². The first-order chi connectivity index (χ1) is 7.50. The molecule has 0 radical (unpaired) electrons. The van der Waals surface area contributed by atoms with Crippen LogP contribution in [0.5, 0.6) is 0 Å². The van der Waals surface area contributed by atoms with Crippen molar-refractivity contribution in [3.05, 3.63) is 29.5 Å². The summed E-state index contributed by atoms with van der Waals surface area (Å²) in [6, 6.07) is 3.19. The lowest BCUT2D eigenvalue weighted by molar-refractivity contribution is 0.0696. The van der Waals surface area contributed by atoms with Crippen LogP contribution in [0.1, 0.15) is 27.6 Å². The molecule has 0 saturated heterocycles. The maximum atomic E-state index is 11.2. The highest BCUT2D eigenvalue weighted by Gasteiger charge is 2.12. The summed E-state index contributed by atoms with van der Waals surface area (Å²) in [5.74, 6) is -1.17. The fraction of sp³-hybridized carbons (Fsp3) is 0.182. The number of carbonyl (C=O) groups is 2. The van der Waals surface area contributed by atoms with Gasteiger partial charge < -0.3 is 5.11 Å². The van der Waals surface area contributed by atoms with Gasteiger partial charge in [0.25, 0.3) is 0 Å². The van der Waals surface area contributed by atoms with Crippen molar-refractivity contribution in [1.82, 2.24) is 9.78 Å². The van der Waals surface area contributed by atoms with Crippen molar-refractivity contribution in [2.24, 2.45) is 0 Å². The third-order valence-electron chi connectivity index (χ3n) is 2.44. The highest BCUT2D eigenvalue weighted by molar-refractivity contribution is 5.97. The molecule has 5 heteroatoms. The Hall–Kier alpha value is -2.17. The van der Waals surface area contributed by atoms with Crippen LogP contribution in [0, 0.1) is 6.92 Å². The van der Waals surface area contributed by atoms with Crippen molar-refractivity contribution in [1.29, 1.82) is 0 Å². The molecule has 2 rings (SSSR count). The van der Waals surface area contributed by atoms with Crippen LogP contribution in [0.2, 0.25) is 0 Å². The van der Waals surface area contributed by atoms with Gasteiger partial charge in [-0.3, -0.25) is 4.79 Å². The molecule has 0 unspecified atom stereocenters. The SMILES string of the molecule is CC(=O)n1ncc2cc(C(=O)O)c(C)cc21. The molecule has 0 spiro atoms. The second-order valence-corrected chi connectivity index (χ2v) is 3.61. The normalized spacial score (nSPS) is 10.6. The molecule has 1 aromatic carbocycles. The average molecular weight is 218 g/mol. The molecule has 0 amide bonds. The van der Waals surface area contributed by atoms with E-state index in [9.17, 15) is 9.59 Å². The van der Waals surface area contributed by atoms with Crippen molar-refractivity contribution >= 4 is 22.8 Å². The van der Waals surface area contributed by atoms with Crippen LogP contribution in [-0.4, -0.2) is 26.8 Å². The van der Waals surface area contributed by atoms with Gasteiger partial charge in [-0.2, -0.15) is 5.10 Å². The lowest BCUT2D eigenvalue weighted by atomic mass is 10.1. The molecule has 0 aliphatic carbocycles. The highest BCUT2D eigenvalue weighted by Crippen LogP contribution is 2.19. The first-order valence-corrected chi connectivity index (χ1v) is 4.73. The third-order valence-corrected chi connectivity index (χ3v) is 2.44. The highest BCUT2D eigenvalue weighted by atomic mass is 16.4. The van der Waals surface area contributed by atoms with Crippen LogP contribution in [-0.2, 0) is 0 Å². The monoisotopic (exact) mass is 218 g/mol. The fourth-order valence-corrected chi connectivity index (χ4v) is 1.66. The number of carbonyl (C=O) groups excluding carboxylic acids is 1. The summed E-state index contributed by atoms with van der Waals surface area (Å²) in [5.41, 5.74) is 1.48. The van der Waals surface area contributed by atoms with E-state index in [0.717, 1.165) is 0 Å². The number of benzene rings is 1. The molecule has 1 aromatic heterocycles. The molecule has 0 aliphatic heterocycles. The molecule has 0 bridgehead atoms. The Labute approximate surface area is 91.3 Å². The van der Waals surface area contributed by atoms with E-state index in [4.69, 9.17) is 5.11 Å². The number of carboxylic acids is 1. The van der Waals surface area contributed by atoms with E-state index in [-0.39, 0.29) is 11.5 Å². The average Bonchev–Trinajstić information content (AvgIpc) is 2.58. The summed E-state index contributed by atoms with van der Waals surface area (Å²) in [6.45, 7) is 3.10. The van der Waals surface area contributed by atoms with Gasteiger partial charge in [-0.1, -0.05) is 0 Å². The lowest BCUT2D eigenvalue weighted by Crippen LogP contribution is -2.07. The summed E-state index contributed by atoms with van der Waals surface area (Å²) in [6.07, 6.45) is 1.49. The number of fused-ring (bicyclic) bond motifs is 1. The minimum absolute atomic E-state index is 0.197. The van der Waals surface area contributed by atoms with E-state index in [2.05, 4.69) is 5.10 Å². The Morgan fingerprint density at radius 3 is 2.62 bits per heavy atom. The second kappa shape index (κ2) is 3.44. The van der Waals surface area contributed by atoms with Crippen LogP contribution in [0.15, 0.2) is 18.3 Å². The molecule has 1 N–H and O–H groups in total. The number of rotatable bonds is 1. The molecule has 0 saturated carbocycles. The third kappa shape index (κ3) is 1.46. The van der Waals surface area contributed by atoms with E-state index in [0.29, 0.717) is 16.5 Å². The van der Waals surface area contributed by atoms with Gasteiger partial charge in [0.15, 0.2) is 0 Å². The molecule has 5 nitrogen and oxygen atoms in total. The van der Waals surface area contributed by atoms with Crippen LogP contribution in [0.3, 0.4) is 0 Å². The van der Waals surface area contributed by atoms with E-state index in [1.54, 1.807) is 13.0 Å².